The summed E-state index contributed by atoms with van der Waals surface area (Å²) in [7, 11) is 0. The maximum absolute atomic E-state index is 12.5. The summed E-state index contributed by atoms with van der Waals surface area (Å²) in [6.45, 7) is 8.79. The van der Waals surface area contributed by atoms with Crippen LogP contribution in [0.15, 0.2) is 48.5 Å². The van der Waals surface area contributed by atoms with Gasteiger partial charge in [0.15, 0.2) is 6.73 Å². The van der Waals surface area contributed by atoms with Crippen LogP contribution < -0.4 is 10.1 Å². The molecule has 128 valence electrons. The Bertz CT molecular complexity index is 669. The molecule has 0 aromatic heterocycles. The zero-order valence-corrected chi connectivity index (χ0v) is 14.9. The van der Waals surface area contributed by atoms with Crippen molar-refractivity contribution >= 4 is 6.03 Å². The molecule has 2 aromatic rings. The van der Waals surface area contributed by atoms with E-state index in [1.54, 1.807) is 4.90 Å². The molecule has 0 aliphatic carbocycles. The molecule has 0 heterocycles. The van der Waals surface area contributed by atoms with Gasteiger partial charge in [0.05, 0.1) is 0 Å². The van der Waals surface area contributed by atoms with Gasteiger partial charge in [-0.05, 0) is 44.9 Å². The van der Waals surface area contributed by atoms with E-state index in [-0.39, 0.29) is 18.8 Å². The first-order valence-electron chi connectivity index (χ1n) is 8.26. The summed E-state index contributed by atoms with van der Waals surface area (Å²) in [4.78, 5) is 14.2. The monoisotopic (exact) mass is 326 g/mol. The van der Waals surface area contributed by atoms with Crippen molar-refractivity contribution in [1.29, 1.82) is 0 Å². The number of hydrogen-bond donors (Lipinski definition) is 1. The highest BCUT2D eigenvalue weighted by Gasteiger charge is 2.17. The third-order valence-corrected chi connectivity index (χ3v) is 3.86. The van der Waals surface area contributed by atoms with E-state index in [0.717, 1.165) is 16.9 Å². The summed E-state index contributed by atoms with van der Waals surface area (Å²) in [6, 6.07) is 16.0. The van der Waals surface area contributed by atoms with E-state index in [2.05, 4.69) is 11.4 Å². The molecule has 2 amide bonds. The maximum atomic E-state index is 12.5. The van der Waals surface area contributed by atoms with Gasteiger partial charge in [-0.25, -0.2) is 4.79 Å². The van der Waals surface area contributed by atoms with E-state index >= 15 is 0 Å². The van der Waals surface area contributed by atoms with Gasteiger partial charge < -0.3 is 15.0 Å². The lowest BCUT2D eigenvalue weighted by atomic mass is 10.1. The molecular formula is C20H26N2O2. The van der Waals surface area contributed by atoms with Crippen LogP contribution in [0, 0.1) is 13.8 Å². The lowest BCUT2D eigenvalue weighted by Crippen LogP contribution is -2.44. The third-order valence-electron chi connectivity index (χ3n) is 3.86. The van der Waals surface area contributed by atoms with E-state index in [4.69, 9.17) is 4.74 Å². The van der Waals surface area contributed by atoms with Crippen LogP contribution in [0.5, 0.6) is 5.75 Å². The average Bonchev–Trinajstić information content (AvgIpc) is 2.55. The van der Waals surface area contributed by atoms with Crippen LogP contribution in [0.2, 0.25) is 0 Å². The number of amides is 2. The van der Waals surface area contributed by atoms with Gasteiger partial charge in [-0.2, -0.15) is 0 Å². The summed E-state index contributed by atoms with van der Waals surface area (Å²) in [5, 5.41) is 2.84. The van der Waals surface area contributed by atoms with Gasteiger partial charge in [-0.15, -0.1) is 0 Å². The quantitative estimate of drug-likeness (QED) is 0.806. The number of urea groups is 1. The minimum Gasteiger partial charge on any atom is -0.473 e. The first-order chi connectivity index (χ1) is 11.5. The van der Waals surface area contributed by atoms with E-state index in [1.165, 1.54) is 5.56 Å². The number of carbonyl (C=O) groups excluding carboxylic acids is 1. The lowest BCUT2D eigenvalue weighted by Gasteiger charge is -2.27. The Hall–Kier alpha value is -2.49. The zero-order valence-electron chi connectivity index (χ0n) is 14.9. The molecule has 0 fully saturated rings. The topological polar surface area (TPSA) is 41.6 Å². The fourth-order valence-corrected chi connectivity index (χ4v) is 2.51. The van der Waals surface area contributed by atoms with Crippen LogP contribution >= 0.6 is 0 Å². The van der Waals surface area contributed by atoms with Gasteiger partial charge in [-0.1, -0.05) is 48.0 Å². The molecule has 0 saturated carbocycles. The van der Waals surface area contributed by atoms with Crippen molar-refractivity contribution in [3.05, 3.63) is 65.2 Å². The Labute approximate surface area is 144 Å². The largest absolute Gasteiger partial charge is 0.473 e. The number of hydrogen-bond acceptors (Lipinski definition) is 2. The standard InChI is InChI=1S/C20H26N2O2/c1-15(2)22(13-18-8-6-5-7-9-18)20(23)21-14-24-19-11-10-16(3)12-17(19)4/h5-12,15H,13-14H2,1-4H3,(H,21,23). The molecule has 0 atom stereocenters. The summed E-state index contributed by atoms with van der Waals surface area (Å²) in [5.74, 6) is 0.792. The third kappa shape index (κ3) is 5.01. The highest BCUT2D eigenvalue weighted by molar-refractivity contribution is 5.74. The van der Waals surface area contributed by atoms with E-state index < -0.39 is 0 Å². The molecule has 2 rings (SSSR count). The van der Waals surface area contributed by atoms with Gasteiger partial charge in [0.25, 0.3) is 0 Å². The molecule has 0 radical (unpaired) electrons. The Balaban J connectivity index is 1.91. The highest BCUT2D eigenvalue weighted by atomic mass is 16.5. The van der Waals surface area contributed by atoms with Crippen molar-refractivity contribution in [2.75, 3.05) is 6.73 Å². The minimum absolute atomic E-state index is 0.103. The van der Waals surface area contributed by atoms with Crippen LogP contribution in [-0.2, 0) is 6.54 Å². The van der Waals surface area contributed by atoms with E-state index in [9.17, 15) is 4.79 Å². The predicted octanol–water partition coefficient (Wildman–Crippen LogP) is 4.26. The van der Waals surface area contributed by atoms with Crippen molar-refractivity contribution in [1.82, 2.24) is 10.2 Å². The number of nitrogens with zero attached hydrogens (tertiary/aromatic N) is 1. The number of rotatable bonds is 6. The van der Waals surface area contributed by atoms with Gasteiger partial charge >= 0.3 is 6.03 Å². The molecule has 24 heavy (non-hydrogen) atoms. The molecule has 0 saturated heterocycles. The van der Waals surface area contributed by atoms with Crippen molar-refractivity contribution in [2.45, 2.75) is 40.3 Å². The molecular weight excluding hydrogens is 300 g/mol. The summed E-state index contributed by atoms with van der Waals surface area (Å²) >= 11 is 0. The fourth-order valence-electron chi connectivity index (χ4n) is 2.51. The van der Waals surface area contributed by atoms with Gasteiger partial charge in [0.2, 0.25) is 0 Å². The Morgan fingerprint density at radius 3 is 2.46 bits per heavy atom. The van der Waals surface area contributed by atoms with Crippen LogP contribution in [0.25, 0.3) is 0 Å². The van der Waals surface area contributed by atoms with Crippen molar-refractivity contribution < 1.29 is 9.53 Å². The van der Waals surface area contributed by atoms with Crippen molar-refractivity contribution in [3.63, 3.8) is 0 Å². The Morgan fingerprint density at radius 1 is 1.12 bits per heavy atom. The second-order valence-electron chi connectivity index (χ2n) is 6.25. The molecule has 0 aliphatic rings. The Kier molecular flexibility index (Phi) is 6.24. The molecule has 4 heteroatoms. The second-order valence-corrected chi connectivity index (χ2v) is 6.25. The SMILES string of the molecule is Cc1ccc(OCNC(=O)N(Cc2ccccc2)C(C)C)c(C)c1. The van der Waals surface area contributed by atoms with E-state index in [0.29, 0.717) is 6.54 Å². The van der Waals surface area contributed by atoms with E-state index in [1.807, 2.05) is 70.2 Å². The summed E-state index contributed by atoms with van der Waals surface area (Å²) in [6.07, 6.45) is 0. The molecule has 1 N–H and O–H groups in total. The number of benzene rings is 2. The summed E-state index contributed by atoms with van der Waals surface area (Å²) < 4.78 is 5.68. The van der Waals surface area contributed by atoms with Gasteiger partial charge in [0.1, 0.15) is 5.75 Å². The number of aryl methyl sites for hydroxylation is 2. The molecule has 4 nitrogen and oxygen atoms in total. The minimum atomic E-state index is -0.126. The van der Waals surface area contributed by atoms with Crippen LogP contribution in [0.1, 0.15) is 30.5 Å². The zero-order chi connectivity index (χ0) is 17.5. The van der Waals surface area contributed by atoms with Gasteiger partial charge in [-0.3, -0.25) is 0 Å². The molecule has 0 bridgehead atoms. The predicted molar refractivity (Wildman–Crippen MR) is 97.1 cm³/mol. The second kappa shape index (κ2) is 8.39. The number of nitrogens with one attached hydrogen (secondary N) is 1. The van der Waals surface area contributed by atoms with Gasteiger partial charge in [0, 0.05) is 12.6 Å². The first kappa shape index (κ1) is 17.9. The summed E-state index contributed by atoms with van der Waals surface area (Å²) in [5.41, 5.74) is 3.36. The molecule has 0 spiro atoms. The smallest absolute Gasteiger partial charge is 0.320 e. The van der Waals surface area contributed by atoms with Crippen LogP contribution in [0.4, 0.5) is 4.79 Å². The first-order valence-corrected chi connectivity index (χ1v) is 8.26. The number of carbonyl (C=O) groups is 1. The van der Waals surface area contributed by atoms with Crippen LogP contribution in [0.3, 0.4) is 0 Å². The average molecular weight is 326 g/mol. The fraction of sp³-hybridized carbons (Fsp3) is 0.350. The molecule has 0 unspecified atom stereocenters. The highest BCUT2D eigenvalue weighted by Crippen LogP contribution is 2.18. The molecule has 0 aliphatic heterocycles. The van der Waals surface area contributed by atoms with Crippen LogP contribution in [-0.4, -0.2) is 23.7 Å². The van der Waals surface area contributed by atoms with Crippen molar-refractivity contribution in [3.8, 4) is 5.75 Å². The number of ether oxygens (including phenoxy) is 1. The molecule has 2 aromatic carbocycles. The lowest BCUT2D eigenvalue weighted by molar-refractivity contribution is 0.168. The maximum Gasteiger partial charge on any atom is 0.320 e. The normalized spacial score (nSPS) is 10.5. The van der Waals surface area contributed by atoms with Crippen molar-refractivity contribution in [2.24, 2.45) is 0 Å². The Morgan fingerprint density at radius 2 is 1.83 bits per heavy atom.